The molecule has 0 heterocycles. The predicted molar refractivity (Wildman–Crippen MR) is 54.9 cm³/mol. The minimum atomic E-state index is 0. The van der Waals surface area contributed by atoms with Crippen LogP contribution in [0.1, 0.15) is 20.8 Å². The van der Waals surface area contributed by atoms with Crippen LogP contribution in [0.3, 0.4) is 0 Å². The van der Waals surface area contributed by atoms with Crippen molar-refractivity contribution in [2.45, 2.75) is 32.3 Å². The normalized spacial score (nSPS) is 5.23. The Morgan fingerprint density at radius 1 is 0.615 bits per heavy atom. The molecule has 0 aromatic carbocycles. The molecule has 0 radical (unpaired) electrons. The van der Waals surface area contributed by atoms with Crippen molar-refractivity contribution in [3.05, 3.63) is 0 Å². The molecule has 0 aliphatic heterocycles. The first-order valence-corrected chi connectivity index (χ1v) is 6.45. The van der Waals surface area contributed by atoms with Crippen LogP contribution in [-0.2, 0) is 0 Å². The third-order valence-corrected chi connectivity index (χ3v) is 0. The summed E-state index contributed by atoms with van der Waals surface area (Å²) in [6.45, 7) is 4.71. The first-order valence-electron chi connectivity index (χ1n) is 4.14. The van der Waals surface area contributed by atoms with E-state index in [1.807, 2.05) is 11.6 Å². The fourth-order valence-corrected chi connectivity index (χ4v) is 0. The SMILES string of the molecule is CC[O-].CC[O-].CC[O-].[CH3][Al+2].[CH3][Al+2]. The maximum atomic E-state index is 8.93. The van der Waals surface area contributed by atoms with E-state index in [4.69, 9.17) is 15.3 Å². The van der Waals surface area contributed by atoms with Gasteiger partial charge in [0, 0.05) is 0 Å². The van der Waals surface area contributed by atoms with E-state index in [1.165, 1.54) is 0 Å². The first kappa shape index (κ1) is 29.2. The Hall–Kier alpha value is 0.945. The summed E-state index contributed by atoms with van der Waals surface area (Å²) in [7, 11) is 0. The molecule has 0 aliphatic carbocycles. The zero-order valence-electron chi connectivity index (χ0n) is 9.50. The van der Waals surface area contributed by atoms with Gasteiger partial charge in [-0.2, -0.15) is 0 Å². The van der Waals surface area contributed by atoms with E-state index in [1.54, 1.807) is 20.8 Å². The van der Waals surface area contributed by atoms with E-state index in [0.717, 1.165) is 0 Å². The Balaban J connectivity index is -0.0000000208. The number of hydrogen-bond acceptors (Lipinski definition) is 3. The van der Waals surface area contributed by atoms with Crippen molar-refractivity contribution in [1.29, 1.82) is 0 Å². The molecule has 0 saturated heterocycles. The Bertz CT molecular complexity index is 22.1. The first-order chi connectivity index (χ1) is 6.24. The molecule has 0 aromatic rings. The van der Waals surface area contributed by atoms with Gasteiger partial charge in [0.15, 0.2) is 0 Å². The summed E-state index contributed by atoms with van der Waals surface area (Å²) >= 11 is 4.83. The molecule has 0 fully saturated rings. The molecule has 0 N–H and O–H groups in total. The van der Waals surface area contributed by atoms with Crippen molar-refractivity contribution in [2.75, 3.05) is 19.8 Å². The van der Waals surface area contributed by atoms with E-state index in [2.05, 4.69) is 32.6 Å². The Kier molecular flexibility index (Phi) is 267. The second kappa shape index (κ2) is 119. The van der Waals surface area contributed by atoms with Gasteiger partial charge in [0.25, 0.3) is 0 Å². The van der Waals surface area contributed by atoms with Gasteiger partial charge in [-0.15, -0.1) is 19.8 Å². The Morgan fingerprint density at radius 3 is 0.615 bits per heavy atom. The maximum absolute atomic E-state index is 8.93. The van der Waals surface area contributed by atoms with Gasteiger partial charge in [-0.25, -0.2) is 0 Å². The predicted octanol–water partition coefficient (Wildman–Crippen LogP) is -1.49. The van der Waals surface area contributed by atoms with E-state index < -0.39 is 0 Å². The molecular formula is C8H21Al2O3+. The molecule has 0 rings (SSSR count). The summed E-state index contributed by atoms with van der Waals surface area (Å²) in [6.07, 6.45) is 0. The standard InChI is InChI=1S/3C2H5O.2CH3.2Al/c3*1-2-3;;;;/h3*2H2,1H3;2*1H3;;/q3*-1;;;2*+2. The van der Waals surface area contributed by atoms with Gasteiger partial charge < -0.3 is 15.3 Å². The monoisotopic (exact) mass is 219 g/mol. The van der Waals surface area contributed by atoms with Gasteiger partial charge in [-0.3, -0.25) is 0 Å². The van der Waals surface area contributed by atoms with Crippen molar-refractivity contribution in [1.82, 2.24) is 0 Å². The number of rotatable bonds is 0. The summed E-state index contributed by atoms with van der Waals surface area (Å²) in [6, 6.07) is 0. The van der Waals surface area contributed by atoms with Gasteiger partial charge in [0.1, 0.15) is 0 Å². The molecule has 0 unspecified atom stereocenters. The van der Waals surface area contributed by atoms with Crippen molar-refractivity contribution in [3.8, 4) is 0 Å². The molecule has 0 aliphatic rings. The molecule has 0 bridgehead atoms. The van der Waals surface area contributed by atoms with Gasteiger partial charge in [-0.05, 0) is 0 Å². The van der Waals surface area contributed by atoms with Crippen LogP contribution >= 0.6 is 0 Å². The van der Waals surface area contributed by atoms with Crippen molar-refractivity contribution >= 4 is 32.6 Å². The van der Waals surface area contributed by atoms with E-state index in [9.17, 15) is 0 Å². The van der Waals surface area contributed by atoms with Crippen LogP contribution in [0.15, 0.2) is 0 Å². The second-order valence-corrected chi connectivity index (χ2v) is 0.866. The third-order valence-electron chi connectivity index (χ3n) is 0. The van der Waals surface area contributed by atoms with Gasteiger partial charge in [-0.1, -0.05) is 20.8 Å². The zero-order valence-corrected chi connectivity index (χ0v) is 11.8. The molecule has 0 spiro atoms. The molecule has 76 valence electrons. The fourth-order valence-electron chi connectivity index (χ4n) is 0. The molecular weight excluding hydrogens is 198 g/mol. The summed E-state index contributed by atoms with van der Waals surface area (Å²) in [4.78, 5) is 0. The Morgan fingerprint density at radius 2 is 0.615 bits per heavy atom. The van der Waals surface area contributed by atoms with Crippen molar-refractivity contribution < 1.29 is 15.3 Å². The minimum absolute atomic E-state index is 0. The molecule has 0 aromatic heterocycles. The molecule has 3 nitrogen and oxygen atoms in total. The third kappa shape index (κ3) is 1740. The average molecular weight is 219 g/mol. The summed E-state index contributed by atoms with van der Waals surface area (Å²) in [5, 5.41) is 26.8. The van der Waals surface area contributed by atoms with Gasteiger partial charge in [0.2, 0.25) is 0 Å². The Labute approximate surface area is 100 Å². The summed E-state index contributed by atoms with van der Waals surface area (Å²) in [5.41, 5.74) is 0. The zero-order chi connectivity index (χ0) is 12.1. The second-order valence-electron chi connectivity index (χ2n) is 0.866. The van der Waals surface area contributed by atoms with Crippen LogP contribution in [0.25, 0.3) is 0 Å². The van der Waals surface area contributed by atoms with Crippen LogP contribution in [0.2, 0.25) is 11.6 Å². The number of hydrogen-bond donors (Lipinski definition) is 0. The van der Waals surface area contributed by atoms with Gasteiger partial charge in [0.05, 0.1) is 0 Å². The van der Waals surface area contributed by atoms with Gasteiger partial charge >= 0.3 is 44.2 Å². The van der Waals surface area contributed by atoms with E-state index in [-0.39, 0.29) is 19.8 Å². The van der Waals surface area contributed by atoms with E-state index in [0.29, 0.717) is 0 Å². The molecule has 0 amide bonds. The molecule has 13 heavy (non-hydrogen) atoms. The average Bonchev–Trinajstić information content (AvgIpc) is 2.14. The van der Waals surface area contributed by atoms with E-state index >= 15 is 0 Å². The summed E-state index contributed by atoms with van der Waals surface area (Å²) < 4.78 is 0. The quantitative estimate of drug-likeness (QED) is 0.466. The summed E-state index contributed by atoms with van der Waals surface area (Å²) in [5.74, 6) is 3.83. The topological polar surface area (TPSA) is 69.2 Å². The van der Waals surface area contributed by atoms with Crippen LogP contribution in [0.5, 0.6) is 0 Å². The van der Waals surface area contributed by atoms with Crippen LogP contribution < -0.4 is 15.3 Å². The fraction of sp³-hybridized carbons (Fsp3) is 1.00. The molecule has 0 atom stereocenters. The van der Waals surface area contributed by atoms with Crippen LogP contribution in [-0.4, -0.2) is 52.4 Å². The van der Waals surface area contributed by atoms with Crippen molar-refractivity contribution in [2.24, 2.45) is 0 Å². The molecule has 5 heteroatoms. The van der Waals surface area contributed by atoms with Crippen molar-refractivity contribution in [3.63, 3.8) is 0 Å². The molecule has 0 saturated carbocycles. The van der Waals surface area contributed by atoms with Crippen LogP contribution in [0.4, 0.5) is 0 Å². The van der Waals surface area contributed by atoms with Crippen LogP contribution in [0, 0.1) is 0 Å².